The summed E-state index contributed by atoms with van der Waals surface area (Å²) >= 11 is 5.84. The summed E-state index contributed by atoms with van der Waals surface area (Å²) in [6.07, 6.45) is 0. The molecular weight excluding hydrogens is 438 g/mol. The van der Waals surface area contributed by atoms with Gasteiger partial charge in [-0.1, -0.05) is 11.6 Å². The molecule has 3 aromatic rings. The minimum atomic E-state index is -3.84. The normalized spacial score (nSPS) is 10.9. The second kappa shape index (κ2) is 9.20. The summed E-state index contributed by atoms with van der Waals surface area (Å²) < 4.78 is 27.9. The Morgan fingerprint density at radius 1 is 0.839 bits per heavy atom. The summed E-state index contributed by atoms with van der Waals surface area (Å²) in [6.45, 7) is 3.10. The van der Waals surface area contributed by atoms with E-state index in [9.17, 15) is 18.0 Å². The standard InChI is InChI=1S/C22H20ClN3O4S/c1-14-13-20(11-12-21(14)25-22(28)16-3-5-17(23)6-4-16)31(29,30)26-19-9-7-18(8-10-19)24-15(2)27/h3-13,26H,1-2H3,(H,24,27)(H,25,28). The van der Waals surface area contributed by atoms with Crippen LogP contribution in [0.15, 0.2) is 71.6 Å². The number of rotatable bonds is 6. The molecule has 0 heterocycles. The molecule has 0 aromatic heterocycles. The second-order valence-electron chi connectivity index (χ2n) is 6.80. The lowest BCUT2D eigenvalue weighted by Crippen LogP contribution is -2.15. The van der Waals surface area contributed by atoms with Gasteiger partial charge in [0.05, 0.1) is 4.90 Å². The molecule has 0 fully saturated rings. The molecular formula is C22H20ClN3O4S. The smallest absolute Gasteiger partial charge is 0.261 e. The minimum Gasteiger partial charge on any atom is -0.326 e. The molecule has 9 heteroatoms. The molecule has 7 nitrogen and oxygen atoms in total. The highest BCUT2D eigenvalue weighted by atomic mass is 35.5. The van der Waals surface area contributed by atoms with E-state index in [1.165, 1.54) is 25.1 Å². The van der Waals surface area contributed by atoms with Gasteiger partial charge >= 0.3 is 0 Å². The lowest BCUT2D eigenvalue weighted by Gasteiger charge is -2.12. The molecule has 0 saturated heterocycles. The first kappa shape index (κ1) is 22.3. The van der Waals surface area contributed by atoms with E-state index in [1.807, 2.05) is 0 Å². The van der Waals surface area contributed by atoms with Gasteiger partial charge in [-0.3, -0.25) is 14.3 Å². The molecule has 2 amide bonds. The highest BCUT2D eigenvalue weighted by molar-refractivity contribution is 7.92. The van der Waals surface area contributed by atoms with Gasteiger partial charge in [-0.2, -0.15) is 0 Å². The molecule has 3 aromatic carbocycles. The number of aryl methyl sites for hydroxylation is 1. The van der Waals surface area contributed by atoms with Gasteiger partial charge in [0.2, 0.25) is 5.91 Å². The highest BCUT2D eigenvalue weighted by Crippen LogP contribution is 2.23. The van der Waals surface area contributed by atoms with Crippen LogP contribution in [0.25, 0.3) is 0 Å². The van der Waals surface area contributed by atoms with Gasteiger partial charge in [0.1, 0.15) is 0 Å². The largest absolute Gasteiger partial charge is 0.326 e. The van der Waals surface area contributed by atoms with Crippen LogP contribution >= 0.6 is 11.6 Å². The zero-order valence-corrected chi connectivity index (χ0v) is 18.3. The first-order chi connectivity index (χ1) is 14.6. The monoisotopic (exact) mass is 457 g/mol. The molecule has 0 unspecified atom stereocenters. The van der Waals surface area contributed by atoms with E-state index in [0.29, 0.717) is 33.2 Å². The van der Waals surface area contributed by atoms with Crippen LogP contribution in [0.2, 0.25) is 5.02 Å². The Morgan fingerprint density at radius 2 is 1.45 bits per heavy atom. The fourth-order valence-electron chi connectivity index (χ4n) is 2.78. The van der Waals surface area contributed by atoms with E-state index in [1.54, 1.807) is 55.5 Å². The Bertz CT molecular complexity index is 1220. The third-order valence-corrected chi connectivity index (χ3v) is 5.95. The summed E-state index contributed by atoms with van der Waals surface area (Å²) in [5, 5.41) is 5.90. The Balaban J connectivity index is 1.74. The number of hydrogen-bond acceptors (Lipinski definition) is 4. The van der Waals surface area contributed by atoms with Crippen LogP contribution in [0.5, 0.6) is 0 Å². The van der Waals surface area contributed by atoms with Gasteiger partial charge in [0, 0.05) is 34.6 Å². The van der Waals surface area contributed by atoms with E-state index in [2.05, 4.69) is 15.4 Å². The molecule has 0 aliphatic rings. The van der Waals surface area contributed by atoms with Crippen molar-refractivity contribution in [2.24, 2.45) is 0 Å². The fourth-order valence-corrected chi connectivity index (χ4v) is 4.05. The maximum Gasteiger partial charge on any atom is 0.261 e. The van der Waals surface area contributed by atoms with Crippen LogP contribution in [0.3, 0.4) is 0 Å². The number of carbonyl (C=O) groups is 2. The van der Waals surface area contributed by atoms with Gasteiger partial charge in [-0.15, -0.1) is 0 Å². The number of amides is 2. The number of anilines is 3. The van der Waals surface area contributed by atoms with Crippen LogP contribution in [0, 0.1) is 6.92 Å². The van der Waals surface area contributed by atoms with Crippen LogP contribution in [0.4, 0.5) is 17.1 Å². The van der Waals surface area contributed by atoms with Gasteiger partial charge in [-0.05, 0) is 79.2 Å². The van der Waals surface area contributed by atoms with E-state index < -0.39 is 10.0 Å². The number of halogens is 1. The van der Waals surface area contributed by atoms with Gasteiger partial charge in [0.25, 0.3) is 15.9 Å². The number of benzene rings is 3. The van der Waals surface area contributed by atoms with Crippen molar-refractivity contribution in [3.05, 3.63) is 82.9 Å². The van der Waals surface area contributed by atoms with Crippen molar-refractivity contribution in [2.75, 3.05) is 15.4 Å². The summed E-state index contributed by atoms with van der Waals surface area (Å²) in [7, 11) is -3.84. The molecule has 0 atom stereocenters. The number of carbonyl (C=O) groups excluding carboxylic acids is 2. The van der Waals surface area contributed by atoms with Crippen LogP contribution in [0.1, 0.15) is 22.8 Å². The van der Waals surface area contributed by atoms with Crippen molar-refractivity contribution in [1.82, 2.24) is 0 Å². The van der Waals surface area contributed by atoms with Crippen molar-refractivity contribution in [3.63, 3.8) is 0 Å². The van der Waals surface area contributed by atoms with Crippen LogP contribution in [-0.2, 0) is 14.8 Å². The molecule has 3 N–H and O–H groups in total. The minimum absolute atomic E-state index is 0.0560. The molecule has 3 rings (SSSR count). The number of sulfonamides is 1. The topological polar surface area (TPSA) is 104 Å². The fraction of sp³-hybridized carbons (Fsp3) is 0.0909. The maximum atomic E-state index is 12.7. The lowest BCUT2D eigenvalue weighted by atomic mass is 10.1. The van der Waals surface area contributed by atoms with Crippen molar-refractivity contribution in [2.45, 2.75) is 18.7 Å². The first-order valence-corrected chi connectivity index (χ1v) is 11.1. The third-order valence-electron chi connectivity index (χ3n) is 4.32. The number of nitrogens with one attached hydrogen (secondary N) is 3. The van der Waals surface area contributed by atoms with Crippen molar-refractivity contribution >= 4 is 50.5 Å². The molecule has 31 heavy (non-hydrogen) atoms. The summed E-state index contributed by atoms with van der Waals surface area (Å²) in [4.78, 5) is 23.5. The molecule has 0 aliphatic heterocycles. The Labute approximate surface area is 185 Å². The molecule has 0 saturated carbocycles. The average Bonchev–Trinajstić information content (AvgIpc) is 2.71. The SMILES string of the molecule is CC(=O)Nc1ccc(NS(=O)(=O)c2ccc(NC(=O)c3ccc(Cl)cc3)c(C)c2)cc1. The van der Waals surface area contributed by atoms with Crippen LogP contribution in [-0.4, -0.2) is 20.2 Å². The van der Waals surface area contributed by atoms with E-state index in [-0.39, 0.29) is 16.7 Å². The van der Waals surface area contributed by atoms with Crippen LogP contribution < -0.4 is 15.4 Å². The number of hydrogen-bond donors (Lipinski definition) is 3. The Kier molecular flexibility index (Phi) is 6.62. The highest BCUT2D eigenvalue weighted by Gasteiger charge is 2.16. The average molecular weight is 458 g/mol. The van der Waals surface area contributed by atoms with E-state index in [0.717, 1.165) is 0 Å². The Morgan fingerprint density at radius 3 is 2.03 bits per heavy atom. The van der Waals surface area contributed by atoms with Crippen molar-refractivity contribution in [3.8, 4) is 0 Å². The molecule has 160 valence electrons. The molecule has 0 radical (unpaired) electrons. The zero-order valence-electron chi connectivity index (χ0n) is 16.8. The van der Waals surface area contributed by atoms with E-state index in [4.69, 9.17) is 11.6 Å². The maximum absolute atomic E-state index is 12.7. The summed E-state index contributed by atoms with van der Waals surface area (Å²) in [6, 6.07) is 17.2. The molecule has 0 bridgehead atoms. The summed E-state index contributed by atoms with van der Waals surface area (Å²) in [5.74, 6) is -0.542. The zero-order chi connectivity index (χ0) is 22.6. The quantitative estimate of drug-likeness (QED) is 0.500. The Hall–Kier alpha value is -3.36. The predicted octanol–water partition coefficient (Wildman–Crippen LogP) is 4.66. The molecule has 0 spiro atoms. The van der Waals surface area contributed by atoms with Gasteiger partial charge in [0.15, 0.2) is 0 Å². The lowest BCUT2D eigenvalue weighted by molar-refractivity contribution is -0.114. The molecule has 0 aliphatic carbocycles. The summed E-state index contributed by atoms with van der Waals surface area (Å²) in [5.41, 5.74) is 2.44. The third kappa shape index (κ3) is 5.84. The van der Waals surface area contributed by atoms with Crippen molar-refractivity contribution < 1.29 is 18.0 Å². The van der Waals surface area contributed by atoms with Gasteiger partial charge in [-0.25, -0.2) is 8.42 Å². The second-order valence-corrected chi connectivity index (χ2v) is 8.92. The predicted molar refractivity (Wildman–Crippen MR) is 122 cm³/mol. The van der Waals surface area contributed by atoms with Gasteiger partial charge < -0.3 is 10.6 Å². The van der Waals surface area contributed by atoms with E-state index >= 15 is 0 Å². The van der Waals surface area contributed by atoms with Crippen molar-refractivity contribution in [1.29, 1.82) is 0 Å². The first-order valence-electron chi connectivity index (χ1n) is 9.22.